The van der Waals surface area contributed by atoms with E-state index in [1.165, 1.54) is 13.0 Å². The molecule has 0 spiro atoms. The Kier molecular flexibility index (Phi) is 4.75. The molecule has 0 aliphatic heterocycles. The van der Waals surface area contributed by atoms with Crippen molar-refractivity contribution < 1.29 is 13.2 Å². The van der Waals surface area contributed by atoms with E-state index >= 15 is 0 Å². The molecule has 136 valence electrons. The van der Waals surface area contributed by atoms with E-state index in [9.17, 15) is 13.2 Å². The van der Waals surface area contributed by atoms with Crippen LogP contribution < -0.4 is 5.49 Å². The van der Waals surface area contributed by atoms with Crippen molar-refractivity contribution in [1.29, 1.82) is 0 Å². The summed E-state index contributed by atoms with van der Waals surface area (Å²) in [5.74, 6) is 0.709. The number of hydrogen-bond donors (Lipinski definition) is 0. The lowest BCUT2D eigenvalue weighted by atomic mass is 10.0. The topological polar surface area (TPSA) is 43.1 Å². The van der Waals surface area contributed by atoms with Crippen LogP contribution in [0.4, 0.5) is 13.2 Å². The summed E-state index contributed by atoms with van der Waals surface area (Å²) in [5.41, 5.74) is 1.25. The third-order valence-corrected chi connectivity index (χ3v) is 4.56. The Morgan fingerprint density at radius 2 is 1.96 bits per heavy atom. The summed E-state index contributed by atoms with van der Waals surface area (Å²) in [6, 6.07) is 5.76. The fraction of sp³-hybridized carbons (Fsp3) is 0.278. The van der Waals surface area contributed by atoms with Gasteiger partial charge in [-0.3, -0.25) is 4.99 Å². The Morgan fingerprint density at radius 3 is 2.65 bits per heavy atom. The van der Waals surface area contributed by atoms with Gasteiger partial charge in [0.25, 0.3) is 0 Å². The molecule has 0 saturated carbocycles. The lowest BCUT2D eigenvalue weighted by Crippen LogP contribution is -2.17. The highest BCUT2D eigenvalue weighted by molar-refractivity contribution is 6.30. The van der Waals surface area contributed by atoms with Crippen LogP contribution in [0.1, 0.15) is 22.5 Å². The standard InChI is InChI=1S/C18H16ClF3N4/c1-10-12(5-4-6-14(10)18(20,21)22)8-24-17-13-7-16(19)23-9-15(13)26(3)11(2)25-17/h4-7,9H,8H2,1-3H3. The van der Waals surface area contributed by atoms with Gasteiger partial charge in [0, 0.05) is 12.4 Å². The SMILES string of the molecule is Cc1c(CN=c2nc(C)n(C)c3cnc(Cl)cc23)cccc1C(F)(F)F. The number of halogens is 4. The van der Waals surface area contributed by atoms with E-state index in [2.05, 4.69) is 15.0 Å². The van der Waals surface area contributed by atoms with Crippen LogP contribution >= 0.6 is 11.6 Å². The second kappa shape index (κ2) is 6.72. The molecule has 3 rings (SSSR count). The average molecular weight is 381 g/mol. The van der Waals surface area contributed by atoms with Crippen molar-refractivity contribution in [2.24, 2.45) is 12.0 Å². The molecular weight excluding hydrogens is 365 g/mol. The molecule has 0 radical (unpaired) electrons. The minimum absolute atomic E-state index is 0.0883. The second-order valence-corrected chi connectivity index (χ2v) is 6.36. The molecule has 26 heavy (non-hydrogen) atoms. The molecule has 0 amide bonds. The smallest absolute Gasteiger partial charge is 0.331 e. The largest absolute Gasteiger partial charge is 0.416 e. The van der Waals surface area contributed by atoms with Gasteiger partial charge in [0.15, 0.2) is 5.49 Å². The van der Waals surface area contributed by atoms with E-state index in [0.717, 1.165) is 11.6 Å². The van der Waals surface area contributed by atoms with Gasteiger partial charge in [0.2, 0.25) is 0 Å². The summed E-state index contributed by atoms with van der Waals surface area (Å²) in [7, 11) is 1.85. The molecule has 4 nitrogen and oxygen atoms in total. The number of aryl methyl sites for hydroxylation is 2. The van der Waals surface area contributed by atoms with Gasteiger partial charge in [-0.25, -0.2) is 9.97 Å². The van der Waals surface area contributed by atoms with Crippen molar-refractivity contribution >= 4 is 22.5 Å². The van der Waals surface area contributed by atoms with Gasteiger partial charge in [0.1, 0.15) is 11.0 Å². The molecule has 0 N–H and O–H groups in total. The summed E-state index contributed by atoms with van der Waals surface area (Å²) >= 11 is 5.98. The number of alkyl halides is 3. The van der Waals surface area contributed by atoms with Crippen molar-refractivity contribution in [1.82, 2.24) is 14.5 Å². The van der Waals surface area contributed by atoms with E-state index in [1.54, 1.807) is 18.3 Å². The normalized spacial score (nSPS) is 12.8. The van der Waals surface area contributed by atoms with E-state index in [1.807, 2.05) is 18.5 Å². The van der Waals surface area contributed by atoms with Crippen LogP contribution in [-0.2, 0) is 19.8 Å². The molecule has 0 aliphatic rings. The van der Waals surface area contributed by atoms with Crippen LogP contribution in [0.15, 0.2) is 35.5 Å². The van der Waals surface area contributed by atoms with Gasteiger partial charge in [-0.2, -0.15) is 13.2 Å². The van der Waals surface area contributed by atoms with Gasteiger partial charge in [-0.05, 0) is 37.1 Å². The number of rotatable bonds is 2. The Hall–Kier alpha value is -2.41. The summed E-state index contributed by atoms with van der Waals surface area (Å²) in [4.78, 5) is 13.0. The van der Waals surface area contributed by atoms with Crippen LogP contribution in [0.3, 0.4) is 0 Å². The molecule has 1 aromatic carbocycles. The van der Waals surface area contributed by atoms with Crippen molar-refractivity contribution in [3.05, 3.63) is 63.6 Å². The van der Waals surface area contributed by atoms with Crippen molar-refractivity contribution in [2.75, 3.05) is 0 Å². The molecule has 2 aromatic heterocycles. The fourth-order valence-corrected chi connectivity index (χ4v) is 2.93. The van der Waals surface area contributed by atoms with Crippen LogP contribution in [-0.4, -0.2) is 14.5 Å². The number of fused-ring (bicyclic) bond motifs is 1. The van der Waals surface area contributed by atoms with Crippen LogP contribution in [0, 0.1) is 13.8 Å². The first kappa shape index (κ1) is 18.4. The number of benzene rings is 1. The maximum Gasteiger partial charge on any atom is 0.416 e. The first-order chi connectivity index (χ1) is 12.2. The van der Waals surface area contributed by atoms with Gasteiger partial charge in [-0.1, -0.05) is 23.7 Å². The number of aromatic nitrogens is 3. The Labute approximate surface area is 153 Å². The zero-order chi connectivity index (χ0) is 19.1. The summed E-state index contributed by atoms with van der Waals surface area (Å²) in [6.45, 7) is 3.36. The zero-order valence-corrected chi connectivity index (χ0v) is 15.2. The molecule has 0 bridgehead atoms. The monoisotopic (exact) mass is 380 g/mol. The zero-order valence-electron chi connectivity index (χ0n) is 14.4. The molecule has 0 fully saturated rings. The fourth-order valence-electron chi connectivity index (χ4n) is 2.77. The van der Waals surface area contributed by atoms with Crippen LogP contribution in [0.25, 0.3) is 10.9 Å². The van der Waals surface area contributed by atoms with Crippen LogP contribution in [0.2, 0.25) is 5.15 Å². The summed E-state index contributed by atoms with van der Waals surface area (Å²) in [6.07, 6.45) is -2.76. The van der Waals surface area contributed by atoms with Crippen molar-refractivity contribution in [3.63, 3.8) is 0 Å². The molecule has 0 saturated heterocycles. The predicted molar refractivity (Wildman–Crippen MR) is 93.7 cm³/mol. The molecule has 3 aromatic rings. The number of pyridine rings is 1. The van der Waals surface area contributed by atoms with Gasteiger partial charge in [0.05, 0.1) is 23.8 Å². The van der Waals surface area contributed by atoms with E-state index in [0.29, 0.717) is 27.4 Å². The molecule has 0 unspecified atom stereocenters. The minimum Gasteiger partial charge on any atom is -0.331 e. The van der Waals surface area contributed by atoms with E-state index < -0.39 is 11.7 Å². The Balaban J connectivity index is 2.13. The lowest BCUT2D eigenvalue weighted by molar-refractivity contribution is -0.138. The van der Waals surface area contributed by atoms with Crippen LogP contribution in [0.5, 0.6) is 0 Å². The van der Waals surface area contributed by atoms with E-state index in [-0.39, 0.29) is 12.1 Å². The third-order valence-electron chi connectivity index (χ3n) is 4.36. The highest BCUT2D eigenvalue weighted by Gasteiger charge is 2.32. The molecule has 0 aliphatic carbocycles. The summed E-state index contributed by atoms with van der Waals surface area (Å²) < 4.78 is 41.1. The highest BCUT2D eigenvalue weighted by Crippen LogP contribution is 2.33. The first-order valence-corrected chi connectivity index (χ1v) is 8.21. The molecule has 0 atom stereocenters. The van der Waals surface area contributed by atoms with Gasteiger partial charge in [-0.15, -0.1) is 0 Å². The maximum absolute atomic E-state index is 13.1. The third kappa shape index (κ3) is 3.44. The number of hydrogen-bond acceptors (Lipinski definition) is 3. The predicted octanol–water partition coefficient (Wildman–Crippen LogP) is 4.36. The van der Waals surface area contributed by atoms with Crippen molar-refractivity contribution in [2.45, 2.75) is 26.6 Å². The van der Waals surface area contributed by atoms with Gasteiger partial charge < -0.3 is 4.57 Å². The molecule has 2 heterocycles. The Morgan fingerprint density at radius 1 is 1.23 bits per heavy atom. The summed E-state index contributed by atoms with van der Waals surface area (Å²) in [5, 5.41) is 0.998. The first-order valence-electron chi connectivity index (χ1n) is 7.83. The second-order valence-electron chi connectivity index (χ2n) is 5.97. The number of nitrogens with zero attached hydrogens (tertiary/aromatic N) is 4. The lowest BCUT2D eigenvalue weighted by Gasteiger charge is -2.13. The highest BCUT2D eigenvalue weighted by atomic mass is 35.5. The maximum atomic E-state index is 13.1. The quantitative estimate of drug-likeness (QED) is 0.620. The van der Waals surface area contributed by atoms with Crippen molar-refractivity contribution in [3.8, 4) is 0 Å². The average Bonchev–Trinajstić information content (AvgIpc) is 2.56. The molecular formula is C18H16ClF3N4. The molecule has 8 heteroatoms. The minimum atomic E-state index is -4.39. The Bertz CT molecular complexity index is 1050. The van der Waals surface area contributed by atoms with Gasteiger partial charge >= 0.3 is 6.18 Å². The van der Waals surface area contributed by atoms with E-state index in [4.69, 9.17) is 11.6 Å².